The molecule has 2 nitrogen and oxygen atoms in total. The molecule has 0 unspecified atom stereocenters. The molecule has 5 heteroatoms. The van der Waals surface area contributed by atoms with Crippen LogP contribution in [0.5, 0.6) is 0 Å². The average Bonchev–Trinajstić information content (AvgIpc) is 1.87. The number of nitrogens with zero attached hydrogens (tertiary/aromatic N) is 1. The van der Waals surface area contributed by atoms with E-state index in [0.29, 0.717) is 0 Å². The fraction of sp³-hybridized carbons (Fsp3) is 0.333. The van der Waals surface area contributed by atoms with Crippen LogP contribution in [0.4, 0.5) is 0 Å². The second-order valence-electron chi connectivity index (χ2n) is 1.13. The zero-order chi connectivity index (χ0) is 5.28. The van der Waals surface area contributed by atoms with Gasteiger partial charge >= 0.3 is 0 Å². The van der Waals surface area contributed by atoms with Crippen LogP contribution >= 0.6 is 23.6 Å². The van der Waals surface area contributed by atoms with Crippen LogP contribution in [-0.2, 0) is 22.4 Å². The Morgan fingerprint density at radius 2 is 2.38 bits per heavy atom. The van der Waals surface area contributed by atoms with Gasteiger partial charge in [0.05, 0.1) is 0 Å². The summed E-state index contributed by atoms with van der Waals surface area (Å²) in [4.78, 5) is 0. The third kappa shape index (κ3) is 2.19. The van der Waals surface area contributed by atoms with Gasteiger partial charge in [0.25, 0.3) is 0 Å². The molecule has 0 saturated heterocycles. The minimum absolute atomic E-state index is 0. The smallest absolute Gasteiger partial charge is 0.176 e. The van der Waals surface area contributed by atoms with Gasteiger partial charge in [-0.25, -0.2) is 0 Å². The molecule has 8 heavy (non-hydrogen) atoms. The number of rotatable bonds is 0. The van der Waals surface area contributed by atoms with Gasteiger partial charge in [0.2, 0.25) is 0 Å². The van der Waals surface area contributed by atoms with Crippen LogP contribution in [-0.4, -0.2) is 10.2 Å². The van der Waals surface area contributed by atoms with Crippen molar-refractivity contribution in [3.05, 3.63) is 8.96 Å². The summed E-state index contributed by atoms with van der Waals surface area (Å²) < 4.78 is 0.748. The Labute approximate surface area is 71.8 Å². The Morgan fingerprint density at radius 3 is 2.50 bits per heavy atom. The second-order valence-corrected chi connectivity index (χ2v) is 3.00. The number of aromatic nitrogens is 2. The van der Waals surface area contributed by atoms with E-state index in [2.05, 4.69) is 10.2 Å². The Bertz CT molecular complexity index is 203. The minimum Gasteiger partial charge on any atom is -0.258 e. The summed E-state index contributed by atoms with van der Waals surface area (Å²) in [5.74, 6) is 0. The van der Waals surface area contributed by atoms with Gasteiger partial charge in [-0.15, -0.1) is 0 Å². The maximum atomic E-state index is 4.73. The van der Waals surface area contributed by atoms with Gasteiger partial charge in [0, 0.05) is 22.4 Å². The van der Waals surface area contributed by atoms with E-state index < -0.39 is 0 Å². The number of hydrogen-bond donors (Lipinski definition) is 1. The molecule has 0 amide bonds. The van der Waals surface area contributed by atoms with E-state index in [4.69, 9.17) is 12.2 Å². The normalized spacial score (nSPS) is 8.12. The molecule has 0 aliphatic rings. The maximum absolute atomic E-state index is 4.73. The number of aromatic amines is 1. The predicted molar refractivity (Wildman–Crippen MR) is 32.0 cm³/mol. The van der Waals surface area contributed by atoms with E-state index in [9.17, 15) is 0 Å². The minimum atomic E-state index is 0. The monoisotopic (exact) mass is 239 g/mol. The molecule has 1 N–H and O–H groups in total. The van der Waals surface area contributed by atoms with Crippen LogP contribution in [0.3, 0.4) is 0 Å². The van der Waals surface area contributed by atoms with Gasteiger partial charge in [-0.1, -0.05) is 11.3 Å². The summed E-state index contributed by atoms with van der Waals surface area (Å²) in [6.07, 6.45) is 0. The molecular weight excluding hydrogens is 236 g/mol. The fourth-order valence-corrected chi connectivity index (χ4v) is 1.16. The largest absolute Gasteiger partial charge is 0.258 e. The zero-order valence-corrected chi connectivity index (χ0v) is 7.18. The molecule has 0 spiro atoms. The molecule has 49 valence electrons. The second kappa shape index (κ2) is 3.53. The van der Waals surface area contributed by atoms with Crippen LogP contribution in [0.2, 0.25) is 0 Å². The summed E-state index contributed by atoms with van der Waals surface area (Å²) in [5.41, 5.74) is 0. The molecule has 0 saturated carbocycles. The van der Waals surface area contributed by atoms with Gasteiger partial charge in [-0.2, -0.15) is 5.10 Å². The molecule has 0 aliphatic carbocycles. The first kappa shape index (κ1) is 8.52. The van der Waals surface area contributed by atoms with E-state index in [1.165, 1.54) is 11.3 Å². The van der Waals surface area contributed by atoms with Crippen molar-refractivity contribution in [1.82, 2.24) is 10.2 Å². The molecule has 1 radical (unpaired) electrons. The molecule has 1 heterocycles. The van der Waals surface area contributed by atoms with Crippen LogP contribution < -0.4 is 0 Å². The van der Waals surface area contributed by atoms with E-state index in [0.717, 1.165) is 8.96 Å². The van der Waals surface area contributed by atoms with E-state index in [-0.39, 0.29) is 22.4 Å². The molecule has 0 fully saturated rings. The van der Waals surface area contributed by atoms with Gasteiger partial charge in [0.15, 0.2) is 3.95 Å². The Hall–Kier alpha value is 0.520. The van der Waals surface area contributed by atoms with Crippen LogP contribution in [0.15, 0.2) is 0 Å². The molecule has 0 atom stereocenters. The van der Waals surface area contributed by atoms with Gasteiger partial charge < -0.3 is 0 Å². The summed E-state index contributed by atoms with van der Waals surface area (Å²) in [7, 11) is 0. The summed E-state index contributed by atoms with van der Waals surface area (Å²) in [6.45, 7) is 1.91. The number of H-pyrrole nitrogens is 1. The molecular formula is C3H4AgN2S2. The molecule has 1 aromatic heterocycles. The first-order chi connectivity index (χ1) is 3.29. The van der Waals surface area contributed by atoms with Crippen molar-refractivity contribution >= 4 is 23.6 Å². The molecule has 0 aliphatic heterocycles. The number of nitrogens with one attached hydrogen (secondary N) is 1. The first-order valence-corrected chi connectivity index (χ1v) is 3.03. The van der Waals surface area contributed by atoms with Crippen molar-refractivity contribution in [2.75, 3.05) is 0 Å². The van der Waals surface area contributed by atoms with Crippen molar-refractivity contribution in [3.8, 4) is 0 Å². The van der Waals surface area contributed by atoms with Gasteiger partial charge in [-0.05, 0) is 19.1 Å². The summed E-state index contributed by atoms with van der Waals surface area (Å²) in [6, 6.07) is 0. The Balaban J connectivity index is 0.000000490. The number of aryl methyl sites for hydroxylation is 1. The summed E-state index contributed by atoms with van der Waals surface area (Å²) in [5, 5.41) is 7.45. The molecule has 1 aromatic rings. The van der Waals surface area contributed by atoms with Crippen molar-refractivity contribution < 1.29 is 22.4 Å². The van der Waals surface area contributed by atoms with Crippen LogP contribution in [0.1, 0.15) is 5.01 Å². The maximum Gasteiger partial charge on any atom is 0.176 e. The van der Waals surface area contributed by atoms with Crippen LogP contribution in [0, 0.1) is 10.9 Å². The quantitative estimate of drug-likeness (QED) is 0.550. The third-order valence-electron chi connectivity index (χ3n) is 0.545. The zero-order valence-electron chi connectivity index (χ0n) is 4.07. The van der Waals surface area contributed by atoms with E-state index in [1.54, 1.807) is 0 Å². The predicted octanol–water partition coefficient (Wildman–Crippen LogP) is 1.51. The van der Waals surface area contributed by atoms with Crippen molar-refractivity contribution in [2.24, 2.45) is 0 Å². The SMILES string of the molecule is Cc1n[nH]c(=S)s1.[Ag]. The standard InChI is InChI=1S/C3H4N2S2.Ag/c1-2-4-5-3(6)7-2;/h1H3,(H,5,6);. The molecule has 0 aromatic carbocycles. The van der Waals surface area contributed by atoms with Crippen molar-refractivity contribution in [3.63, 3.8) is 0 Å². The van der Waals surface area contributed by atoms with Gasteiger partial charge in [-0.3, -0.25) is 5.10 Å². The number of hydrogen-bond acceptors (Lipinski definition) is 3. The van der Waals surface area contributed by atoms with Crippen molar-refractivity contribution in [2.45, 2.75) is 6.92 Å². The van der Waals surface area contributed by atoms with E-state index >= 15 is 0 Å². The van der Waals surface area contributed by atoms with Crippen LogP contribution in [0.25, 0.3) is 0 Å². The molecule has 1 rings (SSSR count). The van der Waals surface area contributed by atoms with Crippen molar-refractivity contribution in [1.29, 1.82) is 0 Å². The third-order valence-corrected chi connectivity index (χ3v) is 1.55. The first-order valence-electron chi connectivity index (χ1n) is 1.81. The van der Waals surface area contributed by atoms with E-state index in [1.807, 2.05) is 6.92 Å². The Kier molecular flexibility index (Phi) is 3.76. The topological polar surface area (TPSA) is 28.7 Å². The Morgan fingerprint density at radius 1 is 1.75 bits per heavy atom. The summed E-state index contributed by atoms with van der Waals surface area (Å²) >= 11 is 6.22. The average molecular weight is 240 g/mol. The fourth-order valence-electron chi connectivity index (χ4n) is 0.304. The van der Waals surface area contributed by atoms with Gasteiger partial charge in [0.1, 0.15) is 5.01 Å². The molecule has 0 bridgehead atoms.